The third-order valence-electron chi connectivity index (χ3n) is 4.19. The molecule has 0 spiro atoms. The van der Waals surface area contributed by atoms with Crippen molar-refractivity contribution in [3.63, 3.8) is 0 Å². The second-order valence-corrected chi connectivity index (χ2v) is 5.53. The fraction of sp³-hybridized carbons (Fsp3) is 0.500. The Bertz CT molecular complexity index is 600. The zero-order chi connectivity index (χ0) is 15.1. The van der Waals surface area contributed by atoms with E-state index in [2.05, 4.69) is 32.3 Å². The van der Waals surface area contributed by atoms with E-state index in [0.717, 1.165) is 17.8 Å². The number of ether oxygens (including phenoxy) is 1. The molecule has 0 aromatic heterocycles. The van der Waals surface area contributed by atoms with E-state index < -0.39 is 5.97 Å². The molecule has 0 unspecified atom stereocenters. The second kappa shape index (κ2) is 4.93. The summed E-state index contributed by atoms with van der Waals surface area (Å²) >= 11 is 0. The van der Waals surface area contributed by atoms with Gasteiger partial charge in [-0.3, -0.25) is 0 Å². The molecule has 0 radical (unpaired) electrons. The van der Waals surface area contributed by atoms with Gasteiger partial charge in [-0.05, 0) is 33.8 Å². The van der Waals surface area contributed by atoms with Gasteiger partial charge in [-0.2, -0.15) is 4.58 Å². The first-order valence-corrected chi connectivity index (χ1v) is 7.01. The van der Waals surface area contributed by atoms with Crippen LogP contribution < -0.4 is 0 Å². The third-order valence-corrected chi connectivity index (χ3v) is 4.19. The molecule has 4 heteroatoms. The molecule has 0 atom stereocenters. The molecule has 1 aromatic carbocycles. The number of rotatable bonds is 3. The lowest BCUT2D eigenvalue weighted by Crippen LogP contribution is -2.26. The minimum Gasteiger partial charge on any atom is -0.506 e. The van der Waals surface area contributed by atoms with Crippen LogP contribution in [0.1, 0.15) is 50.5 Å². The number of aromatic hydroxyl groups is 1. The monoisotopic (exact) mass is 276 g/mol. The lowest BCUT2D eigenvalue weighted by atomic mass is 9.81. The summed E-state index contributed by atoms with van der Waals surface area (Å²) in [4.78, 5) is 11.9. The van der Waals surface area contributed by atoms with Crippen LogP contribution in [0.25, 0.3) is 0 Å². The van der Waals surface area contributed by atoms with Crippen molar-refractivity contribution in [2.24, 2.45) is 0 Å². The molecule has 2 rings (SSSR count). The predicted octanol–water partition coefficient (Wildman–Crippen LogP) is 2.98. The number of esters is 1. The van der Waals surface area contributed by atoms with Crippen molar-refractivity contribution in [2.75, 3.05) is 13.2 Å². The van der Waals surface area contributed by atoms with E-state index in [0.29, 0.717) is 6.61 Å². The number of phenols is 1. The average molecular weight is 276 g/mol. The number of benzene rings is 1. The SMILES string of the molecule is CCOC(=O)c1ccc2c(c1O)C(C)(C)C(C)=[N+]2CC. The van der Waals surface area contributed by atoms with E-state index in [4.69, 9.17) is 4.74 Å². The lowest BCUT2D eigenvalue weighted by molar-refractivity contribution is -0.434. The number of carbonyl (C=O) groups excluding carboxylic acids is 1. The molecule has 0 aliphatic carbocycles. The number of carbonyl (C=O) groups is 1. The molecule has 1 aliphatic rings. The van der Waals surface area contributed by atoms with E-state index in [1.54, 1.807) is 13.0 Å². The minimum absolute atomic E-state index is 0.0428. The van der Waals surface area contributed by atoms with E-state index in [1.165, 1.54) is 5.71 Å². The van der Waals surface area contributed by atoms with Crippen molar-refractivity contribution < 1.29 is 19.2 Å². The van der Waals surface area contributed by atoms with Crippen molar-refractivity contribution in [1.82, 2.24) is 0 Å². The van der Waals surface area contributed by atoms with Crippen molar-refractivity contribution >= 4 is 17.4 Å². The maximum atomic E-state index is 11.9. The van der Waals surface area contributed by atoms with Crippen molar-refractivity contribution in [2.45, 2.75) is 40.0 Å². The lowest BCUT2D eigenvalue weighted by Gasteiger charge is -2.17. The Morgan fingerprint density at radius 3 is 2.55 bits per heavy atom. The third kappa shape index (κ3) is 1.90. The highest BCUT2D eigenvalue weighted by Gasteiger charge is 2.45. The maximum Gasteiger partial charge on any atom is 0.341 e. The van der Waals surface area contributed by atoms with E-state index in [9.17, 15) is 9.90 Å². The molecule has 1 heterocycles. The van der Waals surface area contributed by atoms with Gasteiger partial charge in [-0.1, -0.05) is 0 Å². The number of hydrogen-bond donors (Lipinski definition) is 1. The molecule has 1 N–H and O–H groups in total. The van der Waals surface area contributed by atoms with Gasteiger partial charge in [0.05, 0.1) is 17.6 Å². The Morgan fingerprint density at radius 1 is 1.35 bits per heavy atom. The van der Waals surface area contributed by atoms with Crippen LogP contribution in [0.4, 0.5) is 5.69 Å². The topological polar surface area (TPSA) is 49.5 Å². The summed E-state index contributed by atoms with van der Waals surface area (Å²) in [5, 5.41) is 10.5. The Labute approximate surface area is 119 Å². The largest absolute Gasteiger partial charge is 0.506 e. The quantitative estimate of drug-likeness (QED) is 0.682. The number of phenolic OH excluding ortho intramolecular Hbond substituents is 1. The first kappa shape index (κ1) is 14.6. The fourth-order valence-corrected chi connectivity index (χ4v) is 2.90. The Balaban J connectivity index is 2.63. The van der Waals surface area contributed by atoms with Crippen LogP contribution in [0, 0.1) is 0 Å². The van der Waals surface area contributed by atoms with E-state index in [-0.39, 0.29) is 16.7 Å². The molecular weight excluding hydrogens is 254 g/mol. The normalized spacial score (nSPS) is 16.2. The molecule has 4 nitrogen and oxygen atoms in total. The Kier molecular flexibility index (Phi) is 3.59. The first-order chi connectivity index (χ1) is 9.36. The molecule has 1 aromatic rings. The van der Waals surface area contributed by atoms with Crippen molar-refractivity contribution in [1.29, 1.82) is 0 Å². The molecule has 0 amide bonds. The minimum atomic E-state index is -0.476. The standard InChI is InChI=1S/C16H21NO3/c1-6-17-10(3)16(4,5)13-12(17)9-8-11(14(13)18)15(19)20-7-2/h8-9H,6-7H2,1-5H3/p+1. The molecule has 0 bridgehead atoms. The average Bonchev–Trinajstić information content (AvgIpc) is 2.58. The van der Waals surface area contributed by atoms with E-state index >= 15 is 0 Å². The van der Waals surface area contributed by atoms with Crippen LogP contribution in [-0.4, -0.2) is 34.5 Å². The van der Waals surface area contributed by atoms with Gasteiger partial charge >= 0.3 is 5.97 Å². The Morgan fingerprint density at radius 2 is 2.00 bits per heavy atom. The maximum absolute atomic E-state index is 11.9. The summed E-state index contributed by atoms with van der Waals surface area (Å²) in [6.45, 7) is 11.1. The van der Waals surface area contributed by atoms with Gasteiger partial charge in [0, 0.05) is 13.0 Å². The highest BCUT2D eigenvalue weighted by atomic mass is 16.5. The molecule has 108 valence electrons. The van der Waals surface area contributed by atoms with Crippen LogP contribution in [0.3, 0.4) is 0 Å². The van der Waals surface area contributed by atoms with Gasteiger partial charge in [-0.15, -0.1) is 0 Å². The zero-order valence-corrected chi connectivity index (χ0v) is 12.8. The molecule has 20 heavy (non-hydrogen) atoms. The summed E-state index contributed by atoms with van der Waals surface area (Å²) < 4.78 is 7.17. The van der Waals surface area contributed by atoms with Gasteiger partial charge in [-0.25, -0.2) is 4.79 Å². The first-order valence-electron chi connectivity index (χ1n) is 7.01. The van der Waals surface area contributed by atoms with Crippen molar-refractivity contribution in [3.8, 4) is 5.75 Å². The summed E-state index contributed by atoms with van der Waals surface area (Å²) in [7, 11) is 0. The van der Waals surface area contributed by atoms with Crippen LogP contribution in [0.5, 0.6) is 5.75 Å². The zero-order valence-electron chi connectivity index (χ0n) is 12.8. The van der Waals surface area contributed by atoms with Crippen LogP contribution in [0.2, 0.25) is 0 Å². The summed E-state index contributed by atoms with van der Waals surface area (Å²) in [6.07, 6.45) is 0. The van der Waals surface area contributed by atoms with Gasteiger partial charge in [0.2, 0.25) is 5.69 Å². The van der Waals surface area contributed by atoms with Gasteiger partial charge < -0.3 is 9.84 Å². The van der Waals surface area contributed by atoms with Crippen molar-refractivity contribution in [3.05, 3.63) is 23.3 Å². The molecule has 0 saturated carbocycles. The van der Waals surface area contributed by atoms with Gasteiger partial charge in [0.15, 0.2) is 5.71 Å². The number of fused-ring (bicyclic) bond motifs is 1. The second-order valence-electron chi connectivity index (χ2n) is 5.53. The van der Waals surface area contributed by atoms with E-state index in [1.807, 2.05) is 6.07 Å². The number of nitrogens with zero attached hydrogens (tertiary/aromatic N) is 1. The number of hydrogen-bond acceptors (Lipinski definition) is 3. The highest BCUT2D eigenvalue weighted by Crippen LogP contribution is 2.45. The smallest absolute Gasteiger partial charge is 0.341 e. The molecular formula is C16H22NO3+. The molecule has 0 fully saturated rings. The summed E-state index contributed by atoms with van der Waals surface area (Å²) in [5.74, 6) is -0.433. The fourth-order valence-electron chi connectivity index (χ4n) is 2.90. The van der Waals surface area contributed by atoms with Gasteiger partial charge in [0.25, 0.3) is 0 Å². The summed E-state index contributed by atoms with van der Waals surface area (Å²) in [6, 6.07) is 3.53. The van der Waals surface area contributed by atoms with Gasteiger partial charge in [0.1, 0.15) is 17.9 Å². The van der Waals surface area contributed by atoms with Crippen LogP contribution in [0.15, 0.2) is 12.1 Å². The van der Waals surface area contributed by atoms with Crippen LogP contribution >= 0.6 is 0 Å². The summed E-state index contributed by atoms with van der Waals surface area (Å²) in [5.41, 5.74) is 2.90. The Hall–Kier alpha value is -1.84. The molecule has 0 saturated heterocycles. The predicted molar refractivity (Wildman–Crippen MR) is 78.2 cm³/mol. The van der Waals surface area contributed by atoms with Crippen LogP contribution in [-0.2, 0) is 10.2 Å². The molecule has 1 aliphatic heterocycles. The highest BCUT2D eigenvalue weighted by molar-refractivity contribution is 5.99.